The summed E-state index contributed by atoms with van der Waals surface area (Å²) < 4.78 is 26.1. The van der Waals surface area contributed by atoms with E-state index < -0.39 is 33.6 Å². The largest absolute Gasteiger partial charge is 0.342 e. The molecule has 1 amide bonds. The predicted octanol–water partition coefficient (Wildman–Crippen LogP) is 2.11. The van der Waals surface area contributed by atoms with Gasteiger partial charge in [-0.05, 0) is 36.1 Å². The first kappa shape index (κ1) is 25.1. The Balaban J connectivity index is 1.84. The number of carbonyl (C=O) groups excluding carboxylic acids is 2. The lowest BCUT2D eigenvalue weighted by atomic mass is 9.98. The van der Waals surface area contributed by atoms with Gasteiger partial charge in [-0.15, -0.1) is 0 Å². The van der Waals surface area contributed by atoms with E-state index in [9.17, 15) is 22.8 Å². The van der Waals surface area contributed by atoms with Gasteiger partial charge in [0, 0.05) is 12.7 Å². The number of sulfonamides is 1. The van der Waals surface area contributed by atoms with E-state index in [2.05, 4.69) is 10.0 Å². The molecular weight excluding hydrogens is 454 g/mol. The third kappa shape index (κ3) is 6.72. The van der Waals surface area contributed by atoms with Crippen LogP contribution in [0.4, 0.5) is 0 Å². The zero-order valence-electron chi connectivity index (χ0n) is 18.8. The maximum absolute atomic E-state index is 13.4. The predicted molar refractivity (Wildman–Crippen MR) is 130 cm³/mol. The summed E-state index contributed by atoms with van der Waals surface area (Å²) in [5, 5.41) is 2.57. The van der Waals surface area contributed by atoms with Crippen LogP contribution in [0.3, 0.4) is 0 Å². The highest BCUT2D eigenvalue weighted by Crippen LogP contribution is 2.25. The molecule has 0 bridgehead atoms. The van der Waals surface area contributed by atoms with Gasteiger partial charge in [-0.25, -0.2) is 13.1 Å². The summed E-state index contributed by atoms with van der Waals surface area (Å²) in [5.41, 5.74) is 1.21. The molecule has 1 aromatic heterocycles. The average molecular weight is 482 g/mol. The molecule has 0 saturated heterocycles. The van der Waals surface area contributed by atoms with Gasteiger partial charge in [0.15, 0.2) is 0 Å². The summed E-state index contributed by atoms with van der Waals surface area (Å²) in [6.45, 7) is 0.146. The highest BCUT2D eigenvalue weighted by atomic mass is 32.2. The summed E-state index contributed by atoms with van der Waals surface area (Å²) >= 11 is 0. The first-order valence-electron chi connectivity index (χ1n) is 10.8. The van der Waals surface area contributed by atoms with Crippen molar-refractivity contribution in [1.29, 1.82) is 0 Å². The number of rotatable bonds is 11. The van der Waals surface area contributed by atoms with Gasteiger partial charge in [-0.2, -0.15) is 0 Å². The van der Waals surface area contributed by atoms with Crippen LogP contribution in [-0.4, -0.2) is 44.0 Å². The van der Waals surface area contributed by atoms with Crippen LogP contribution in [0.2, 0.25) is 0 Å². The van der Waals surface area contributed by atoms with Crippen LogP contribution in [0, 0.1) is 0 Å². The van der Waals surface area contributed by atoms with Crippen LogP contribution in [0.1, 0.15) is 40.4 Å². The summed E-state index contributed by atoms with van der Waals surface area (Å²) in [5.74, 6) is -0.660. The number of aromatic nitrogens is 1. The number of benzene rings is 2. The molecule has 0 aliphatic carbocycles. The quantitative estimate of drug-likeness (QED) is 0.322. The van der Waals surface area contributed by atoms with Crippen molar-refractivity contribution in [2.45, 2.75) is 24.9 Å². The van der Waals surface area contributed by atoms with Crippen molar-refractivity contribution < 1.29 is 18.0 Å². The molecule has 0 fully saturated rings. The van der Waals surface area contributed by atoms with E-state index in [1.165, 1.54) is 10.6 Å². The van der Waals surface area contributed by atoms with Gasteiger partial charge in [-0.1, -0.05) is 60.7 Å². The Kier molecular flexibility index (Phi) is 8.50. The minimum Gasteiger partial charge on any atom is -0.342 e. The summed E-state index contributed by atoms with van der Waals surface area (Å²) in [6.07, 6.45) is 3.84. The van der Waals surface area contributed by atoms with Crippen molar-refractivity contribution in [2.24, 2.45) is 0 Å². The Hall–Kier alpha value is -3.56. The molecule has 0 aliphatic heterocycles. The number of hydrogen-bond acceptors (Lipinski definition) is 5. The van der Waals surface area contributed by atoms with Crippen molar-refractivity contribution in [3.8, 4) is 0 Å². The second-order valence-corrected chi connectivity index (χ2v) is 9.72. The zero-order chi connectivity index (χ0) is 24.6. The zero-order valence-corrected chi connectivity index (χ0v) is 19.6. The molecule has 3 rings (SSSR count). The van der Waals surface area contributed by atoms with E-state index in [1.807, 2.05) is 60.7 Å². The van der Waals surface area contributed by atoms with Crippen molar-refractivity contribution >= 4 is 22.2 Å². The number of aldehydes is 1. The van der Waals surface area contributed by atoms with Crippen molar-refractivity contribution in [1.82, 2.24) is 14.6 Å². The molecular formula is C25H27N3O5S. The number of pyridine rings is 1. The summed E-state index contributed by atoms with van der Waals surface area (Å²) in [4.78, 5) is 37.7. The standard InChI is InChI=1S/C25H27N3O5S/c1-34(32,33)26-16-8-14-21(18-29)27-24(30)22-15-9-17-28(25(22)31)23(19-10-4-2-5-11-19)20-12-6-3-7-13-20/h2-7,9-13,15,17-18,21,23,26H,8,14,16H2,1H3,(H,27,30)/t21-/m0/s1. The molecule has 9 heteroatoms. The SMILES string of the molecule is CS(=O)(=O)NCCC[C@@H](C=O)NC(=O)c1cccn(C(c2ccccc2)c2ccccc2)c1=O. The number of carbonyl (C=O) groups is 2. The third-order valence-electron chi connectivity index (χ3n) is 5.26. The maximum atomic E-state index is 13.4. The van der Waals surface area contributed by atoms with E-state index in [1.54, 1.807) is 12.3 Å². The maximum Gasteiger partial charge on any atom is 0.264 e. The van der Waals surface area contributed by atoms with Gasteiger partial charge in [0.1, 0.15) is 11.8 Å². The molecule has 0 radical (unpaired) electrons. The number of hydrogen-bond donors (Lipinski definition) is 2. The first-order chi connectivity index (χ1) is 16.3. The normalized spacial score (nSPS) is 12.3. The molecule has 0 unspecified atom stereocenters. The minimum absolute atomic E-state index is 0.0829. The van der Waals surface area contributed by atoms with E-state index >= 15 is 0 Å². The molecule has 0 aliphatic rings. The van der Waals surface area contributed by atoms with Crippen LogP contribution >= 0.6 is 0 Å². The highest BCUT2D eigenvalue weighted by Gasteiger charge is 2.22. The van der Waals surface area contributed by atoms with Crippen molar-refractivity contribution in [3.63, 3.8) is 0 Å². The average Bonchev–Trinajstić information content (AvgIpc) is 2.83. The Bertz CT molecular complexity index is 1240. The molecule has 178 valence electrons. The minimum atomic E-state index is -3.33. The monoisotopic (exact) mass is 481 g/mol. The topological polar surface area (TPSA) is 114 Å². The molecule has 8 nitrogen and oxygen atoms in total. The Morgan fingerprint density at radius 3 is 2.09 bits per heavy atom. The second-order valence-electron chi connectivity index (χ2n) is 7.88. The fourth-order valence-electron chi connectivity index (χ4n) is 3.67. The first-order valence-corrected chi connectivity index (χ1v) is 12.7. The lowest BCUT2D eigenvalue weighted by molar-refractivity contribution is -0.109. The molecule has 1 atom stereocenters. The van der Waals surface area contributed by atoms with Crippen LogP contribution in [0.25, 0.3) is 0 Å². The molecule has 34 heavy (non-hydrogen) atoms. The third-order valence-corrected chi connectivity index (χ3v) is 5.99. The Labute approximate surface area is 198 Å². The van der Waals surface area contributed by atoms with Gasteiger partial charge in [0.25, 0.3) is 11.5 Å². The summed E-state index contributed by atoms with van der Waals surface area (Å²) in [7, 11) is -3.33. The van der Waals surface area contributed by atoms with Gasteiger partial charge in [0.2, 0.25) is 10.0 Å². The van der Waals surface area contributed by atoms with Gasteiger partial charge in [-0.3, -0.25) is 9.59 Å². The van der Waals surface area contributed by atoms with Crippen LogP contribution < -0.4 is 15.6 Å². The molecule has 2 aromatic carbocycles. The molecule has 0 saturated carbocycles. The number of amides is 1. The van der Waals surface area contributed by atoms with Crippen LogP contribution in [-0.2, 0) is 14.8 Å². The lowest BCUT2D eigenvalue weighted by Crippen LogP contribution is -2.40. The van der Waals surface area contributed by atoms with Crippen LogP contribution in [0.15, 0.2) is 83.8 Å². The van der Waals surface area contributed by atoms with Crippen molar-refractivity contribution in [3.05, 3.63) is 106 Å². The highest BCUT2D eigenvalue weighted by molar-refractivity contribution is 7.88. The van der Waals surface area contributed by atoms with E-state index in [4.69, 9.17) is 0 Å². The Morgan fingerprint density at radius 2 is 1.56 bits per heavy atom. The van der Waals surface area contributed by atoms with Crippen molar-refractivity contribution in [2.75, 3.05) is 12.8 Å². The molecule has 3 aromatic rings. The van der Waals surface area contributed by atoms with Crippen LogP contribution in [0.5, 0.6) is 0 Å². The van der Waals surface area contributed by atoms with Gasteiger partial charge >= 0.3 is 0 Å². The fraction of sp³-hybridized carbons (Fsp3) is 0.240. The van der Waals surface area contributed by atoms with Gasteiger partial charge < -0.3 is 14.7 Å². The summed E-state index contributed by atoms with van der Waals surface area (Å²) in [6, 6.07) is 20.8. The molecule has 1 heterocycles. The molecule has 0 spiro atoms. The fourth-order valence-corrected chi connectivity index (χ4v) is 4.19. The number of nitrogens with zero attached hydrogens (tertiary/aromatic N) is 1. The van der Waals surface area contributed by atoms with Gasteiger partial charge in [0.05, 0.1) is 18.3 Å². The smallest absolute Gasteiger partial charge is 0.264 e. The van der Waals surface area contributed by atoms with E-state index in [-0.39, 0.29) is 18.5 Å². The van der Waals surface area contributed by atoms with E-state index in [0.717, 1.165) is 17.4 Å². The second kappa shape index (κ2) is 11.5. The van der Waals surface area contributed by atoms with E-state index in [0.29, 0.717) is 12.7 Å². The Morgan fingerprint density at radius 1 is 0.971 bits per heavy atom. The number of nitrogens with one attached hydrogen (secondary N) is 2. The molecule has 2 N–H and O–H groups in total. The lowest BCUT2D eigenvalue weighted by Gasteiger charge is -2.22.